The van der Waals surface area contributed by atoms with Crippen molar-refractivity contribution in [3.05, 3.63) is 65.5 Å². The van der Waals surface area contributed by atoms with Gasteiger partial charge in [-0.15, -0.1) is 0 Å². The van der Waals surface area contributed by atoms with Crippen molar-refractivity contribution >= 4 is 5.91 Å². The predicted molar refractivity (Wildman–Crippen MR) is 91.1 cm³/mol. The van der Waals surface area contributed by atoms with Crippen LogP contribution in [0.2, 0.25) is 0 Å². The van der Waals surface area contributed by atoms with E-state index >= 15 is 0 Å². The Balaban J connectivity index is 2.39. The first-order chi connectivity index (χ1) is 11.2. The summed E-state index contributed by atoms with van der Waals surface area (Å²) in [5.41, 5.74) is 3.31. The molecule has 1 atom stereocenters. The molecule has 0 saturated carbocycles. The highest BCUT2D eigenvalue weighted by Crippen LogP contribution is 2.29. The number of rotatable bonds is 7. The van der Waals surface area contributed by atoms with Crippen LogP contribution in [0.15, 0.2) is 48.8 Å². The molecule has 1 amide bonds. The fraction of sp³-hybridized carbons (Fsp3) is 0.368. The molecule has 2 aromatic rings. The second kappa shape index (κ2) is 8.44. The van der Waals surface area contributed by atoms with Crippen LogP contribution in [-0.2, 0) is 9.53 Å². The number of nitrogens with zero attached hydrogens (tertiary/aromatic N) is 2. The number of benzene rings is 1. The van der Waals surface area contributed by atoms with Crippen molar-refractivity contribution < 1.29 is 9.53 Å². The molecular weight excluding hydrogens is 288 g/mol. The van der Waals surface area contributed by atoms with Crippen LogP contribution in [0.25, 0.3) is 0 Å². The average Bonchev–Trinajstić information content (AvgIpc) is 2.59. The first-order valence-corrected chi connectivity index (χ1v) is 7.92. The van der Waals surface area contributed by atoms with Crippen LogP contribution in [0.3, 0.4) is 0 Å². The molecule has 0 aliphatic carbocycles. The summed E-state index contributed by atoms with van der Waals surface area (Å²) in [4.78, 5) is 18.7. The van der Waals surface area contributed by atoms with E-state index < -0.39 is 0 Å². The van der Waals surface area contributed by atoms with Crippen LogP contribution in [-0.4, -0.2) is 36.1 Å². The molecule has 122 valence electrons. The van der Waals surface area contributed by atoms with Crippen molar-refractivity contribution in [1.29, 1.82) is 0 Å². The average molecular weight is 312 g/mol. The molecule has 0 saturated heterocycles. The number of aryl methyl sites for hydroxylation is 1. The maximum absolute atomic E-state index is 12.6. The molecule has 0 unspecified atom stereocenters. The number of hydrogen-bond donors (Lipinski definition) is 0. The second-order valence-electron chi connectivity index (χ2n) is 5.52. The molecule has 1 aromatic carbocycles. The van der Waals surface area contributed by atoms with Gasteiger partial charge < -0.3 is 9.64 Å². The Kier molecular flexibility index (Phi) is 6.29. The SMILES string of the molecule is CCN(C(=O)CCOC)[C@H](c1ccc(C)cc1)c1cccnc1. The molecule has 1 aromatic heterocycles. The minimum Gasteiger partial charge on any atom is -0.384 e. The minimum absolute atomic E-state index is 0.0868. The van der Waals surface area contributed by atoms with E-state index in [0.29, 0.717) is 19.6 Å². The molecule has 0 radical (unpaired) electrons. The topological polar surface area (TPSA) is 42.4 Å². The zero-order chi connectivity index (χ0) is 16.7. The molecule has 0 aliphatic heterocycles. The van der Waals surface area contributed by atoms with Gasteiger partial charge in [0.05, 0.1) is 19.1 Å². The van der Waals surface area contributed by atoms with Crippen LogP contribution in [0.5, 0.6) is 0 Å². The maximum atomic E-state index is 12.6. The normalized spacial score (nSPS) is 12.0. The molecule has 1 heterocycles. The summed E-state index contributed by atoms with van der Waals surface area (Å²) in [7, 11) is 1.61. The van der Waals surface area contributed by atoms with E-state index in [1.54, 1.807) is 13.3 Å². The Bertz CT molecular complexity index is 611. The van der Waals surface area contributed by atoms with Gasteiger partial charge in [0.2, 0.25) is 5.91 Å². The smallest absolute Gasteiger partial charge is 0.225 e. The number of pyridine rings is 1. The lowest BCUT2D eigenvalue weighted by atomic mass is 9.97. The summed E-state index contributed by atoms with van der Waals surface area (Å²) in [6.45, 7) is 5.13. The lowest BCUT2D eigenvalue weighted by Gasteiger charge is -2.31. The van der Waals surface area contributed by atoms with Crippen molar-refractivity contribution in [2.24, 2.45) is 0 Å². The van der Waals surface area contributed by atoms with Gasteiger partial charge in [-0.1, -0.05) is 35.9 Å². The first kappa shape index (κ1) is 17.2. The van der Waals surface area contributed by atoms with Crippen molar-refractivity contribution in [2.75, 3.05) is 20.3 Å². The largest absolute Gasteiger partial charge is 0.384 e. The number of ether oxygens (including phenoxy) is 1. The molecule has 4 heteroatoms. The van der Waals surface area contributed by atoms with E-state index in [1.165, 1.54) is 5.56 Å². The number of methoxy groups -OCH3 is 1. The number of carbonyl (C=O) groups is 1. The Morgan fingerprint density at radius 2 is 1.96 bits per heavy atom. The predicted octanol–water partition coefficient (Wildman–Crippen LogP) is 3.36. The fourth-order valence-corrected chi connectivity index (χ4v) is 2.67. The molecule has 0 spiro atoms. The zero-order valence-corrected chi connectivity index (χ0v) is 14.0. The lowest BCUT2D eigenvalue weighted by molar-refractivity contribution is -0.133. The van der Waals surface area contributed by atoms with Crippen LogP contribution < -0.4 is 0 Å². The summed E-state index contributed by atoms with van der Waals surface area (Å²) in [5.74, 6) is 0.0868. The highest BCUT2D eigenvalue weighted by molar-refractivity contribution is 5.77. The third-order valence-corrected chi connectivity index (χ3v) is 3.89. The summed E-state index contributed by atoms with van der Waals surface area (Å²) in [6, 6.07) is 12.1. The monoisotopic (exact) mass is 312 g/mol. The summed E-state index contributed by atoms with van der Waals surface area (Å²) in [5, 5.41) is 0. The Morgan fingerprint density at radius 3 is 2.52 bits per heavy atom. The van der Waals surface area contributed by atoms with Crippen LogP contribution >= 0.6 is 0 Å². The van der Waals surface area contributed by atoms with Crippen molar-refractivity contribution in [3.8, 4) is 0 Å². The third-order valence-electron chi connectivity index (χ3n) is 3.89. The third kappa shape index (κ3) is 4.39. The van der Waals surface area contributed by atoms with Crippen molar-refractivity contribution in [2.45, 2.75) is 26.3 Å². The van der Waals surface area contributed by atoms with Crippen LogP contribution in [0.4, 0.5) is 0 Å². The van der Waals surface area contributed by atoms with Crippen LogP contribution in [0.1, 0.15) is 36.1 Å². The first-order valence-electron chi connectivity index (χ1n) is 7.92. The zero-order valence-electron chi connectivity index (χ0n) is 14.0. The van der Waals surface area contributed by atoms with Gasteiger partial charge in [-0.05, 0) is 31.0 Å². The van der Waals surface area contributed by atoms with E-state index in [9.17, 15) is 4.79 Å². The van der Waals surface area contributed by atoms with Gasteiger partial charge in [-0.25, -0.2) is 0 Å². The molecule has 0 bridgehead atoms. The minimum atomic E-state index is -0.126. The standard InChI is InChI=1S/C19H24N2O2/c1-4-21(18(22)11-13-23-3)19(17-6-5-12-20-14-17)16-9-7-15(2)8-10-16/h5-10,12,14,19H,4,11,13H2,1-3H3/t19-/m1/s1. The molecule has 23 heavy (non-hydrogen) atoms. The van der Waals surface area contributed by atoms with Crippen LogP contribution in [0, 0.1) is 6.92 Å². The summed E-state index contributed by atoms with van der Waals surface area (Å²) >= 11 is 0. The Morgan fingerprint density at radius 1 is 1.22 bits per heavy atom. The molecule has 0 aliphatic rings. The quantitative estimate of drug-likeness (QED) is 0.787. The Hall–Kier alpha value is -2.20. The van der Waals surface area contributed by atoms with E-state index in [1.807, 2.05) is 30.2 Å². The van der Waals surface area contributed by atoms with Crippen molar-refractivity contribution in [1.82, 2.24) is 9.88 Å². The number of carbonyl (C=O) groups excluding carboxylic acids is 1. The van der Waals surface area contributed by atoms with Gasteiger partial charge in [-0.3, -0.25) is 9.78 Å². The van der Waals surface area contributed by atoms with Gasteiger partial charge >= 0.3 is 0 Å². The van der Waals surface area contributed by atoms with Gasteiger partial charge in [0.1, 0.15) is 0 Å². The molecular formula is C19H24N2O2. The maximum Gasteiger partial charge on any atom is 0.225 e. The Labute approximate surface area is 138 Å². The van der Waals surface area contributed by atoms with E-state index in [0.717, 1.165) is 11.1 Å². The number of amides is 1. The number of hydrogen-bond acceptors (Lipinski definition) is 3. The van der Waals surface area contributed by atoms with Gasteiger partial charge in [0.15, 0.2) is 0 Å². The molecule has 2 rings (SSSR count). The molecule has 0 N–H and O–H groups in total. The lowest BCUT2D eigenvalue weighted by Crippen LogP contribution is -2.36. The molecule has 4 nitrogen and oxygen atoms in total. The summed E-state index contributed by atoms with van der Waals surface area (Å²) < 4.78 is 5.05. The summed E-state index contributed by atoms with van der Waals surface area (Å²) in [6.07, 6.45) is 3.96. The van der Waals surface area contributed by atoms with Gasteiger partial charge in [0.25, 0.3) is 0 Å². The van der Waals surface area contributed by atoms with Gasteiger partial charge in [0, 0.05) is 26.0 Å². The van der Waals surface area contributed by atoms with E-state index in [4.69, 9.17) is 4.74 Å². The van der Waals surface area contributed by atoms with E-state index in [-0.39, 0.29) is 11.9 Å². The second-order valence-corrected chi connectivity index (χ2v) is 5.52. The van der Waals surface area contributed by atoms with Gasteiger partial charge in [-0.2, -0.15) is 0 Å². The highest BCUT2D eigenvalue weighted by atomic mass is 16.5. The number of aromatic nitrogens is 1. The van der Waals surface area contributed by atoms with Crippen molar-refractivity contribution in [3.63, 3.8) is 0 Å². The van der Waals surface area contributed by atoms with E-state index in [2.05, 4.69) is 36.2 Å². The fourth-order valence-electron chi connectivity index (χ4n) is 2.67. The molecule has 0 fully saturated rings. The highest BCUT2D eigenvalue weighted by Gasteiger charge is 2.25.